The van der Waals surface area contributed by atoms with Crippen molar-refractivity contribution in [3.8, 4) is 5.75 Å². The molecule has 5 heteroatoms. The highest BCUT2D eigenvalue weighted by molar-refractivity contribution is 6.30. The maximum atomic E-state index is 12.3. The van der Waals surface area contributed by atoms with E-state index >= 15 is 0 Å². The number of ether oxygens (including phenoxy) is 1. The summed E-state index contributed by atoms with van der Waals surface area (Å²) < 4.78 is 5.19. The maximum absolute atomic E-state index is 12.3. The SMILES string of the molecule is COc1cc(Cl)ccc1C(=O)NC1CCCCC1Cl. The van der Waals surface area contributed by atoms with Gasteiger partial charge < -0.3 is 10.1 Å². The van der Waals surface area contributed by atoms with Crippen molar-refractivity contribution >= 4 is 29.1 Å². The van der Waals surface area contributed by atoms with E-state index in [-0.39, 0.29) is 17.3 Å². The molecular weight excluding hydrogens is 285 g/mol. The van der Waals surface area contributed by atoms with Gasteiger partial charge in [0.25, 0.3) is 5.91 Å². The quantitative estimate of drug-likeness (QED) is 0.866. The summed E-state index contributed by atoms with van der Waals surface area (Å²) in [7, 11) is 1.52. The van der Waals surface area contributed by atoms with E-state index in [9.17, 15) is 4.79 Å². The fraction of sp³-hybridized carbons (Fsp3) is 0.500. The van der Waals surface area contributed by atoms with Gasteiger partial charge >= 0.3 is 0 Å². The number of hydrogen-bond acceptors (Lipinski definition) is 2. The van der Waals surface area contributed by atoms with E-state index in [0.29, 0.717) is 16.3 Å². The molecule has 0 aliphatic heterocycles. The second-order valence-corrected chi connectivity index (χ2v) is 5.72. The number of alkyl halides is 1. The van der Waals surface area contributed by atoms with Crippen LogP contribution < -0.4 is 10.1 Å². The van der Waals surface area contributed by atoms with Crippen molar-refractivity contribution in [2.24, 2.45) is 0 Å². The van der Waals surface area contributed by atoms with Crippen molar-refractivity contribution in [3.05, 3.63) is 28.8 Å². The molecule has 2 unspecified atom stereocenters. The number of carbonyl (C=O) groups is 1. The molecule has 1 fully saturated rings. The molecule has 1 N–H and O–H groups in total. The molecule has 0 spiro atoms. The van der Waals surface area contributed by atoms with E-state index in [1.165, 1.54) is 7.11 Å². The first-order valence-corrected chi connectivity index (χ1v) is 7.21. The highest BCUT2D eigenvalue weighted by atomic mass is 35.5. The second kappa shape index (κ2) is 6.49. The average molecular weight is 302 g/mol. The van der Waals surface area contributed by atoms with Gasteiger partial charge in [-0.15, -0.1) is 11.6 Å². The van der Waals surface area contributed by atoms with Gasteiger partial charge in [0.2, 0.25) is 0 Å². The van der Waals surface area contributed by atoms with Crippen LogP contribution in [0.3, 0.4) is 0 Å². The molecule has 1 amide bonds. The van der Waals surface area contributed by atoms with E-state index in [4.69, 9.17) is 27.9 Å². The van der Waals surface area contributed by atoms with Crippen LogP contribution in [0.2, 0.25) is 5.02 Å². The van der Waals surface area contributed by atoms with E-state index in [2.05, 4.69) is 5.32 Å². The molecule has 1 aliphatic carbocycles. The zero-order chi connectivity index (χ0) is 13.8. The normalized spacial score (nSPS) is 22.9. The minimum absolute atomic E-state index is 0.0102. The number of nitrogens with one attached hydrogen (secondary N) is 1. The number of hydrogen-bond donors (Lipinski definition) is 1. The Bertz CT molecular complexity index is 465. The second-order valence-electron chi connectivity index (χ2n) is 4.73. The Hall–Kier alpha value is -0.930. The van der Waals surface area contributed by atoms with Crippen molar-refractivity contribution in [3.63, 3.8) is 0 Å². The molecule has 104 valence electrons. The molecule has 1 aromatic carbocycles. The van der Waals surface area contributed by atoms with E-state index in [1.807, 2.05) is 0 Å². The summed E-state index contributed by atoms with van der Waals surface area (Å²) in [6, 6.07) is 5.01. The van der Waals surface area contributed by atoms with Crippen LogP contribution in [0.15, 0.2) is 18.2 Å². The van der Waals surface area contributed by atoms with Crippen LogP contribution in [0.4, 0.5) is 0 Å². The molecule has 2 rings (SSSR count). The summed E-state index contributed by atoms with van der Waals surface area (Å²) in [5.74, 6) is 0.318. The number of rotatable bonds is 3. The average Bonchev–Trinajstić information content (AvgIpc) is 2.41. The van der Waals surface area contributed by atoms with Crippen LogP contribution in [-0.2, 0) is 0 Å². The van der Waals surface area contributed by atoms with Gasteiger partial charge in [0.05, 0.1) is 18.1 Å². The predicted octanol–water partition coefficient (Wildman–Crippen LogP) is 3.63. The standard InChI is InChI=1S/C14H17Cl2NO2/c1-19-13-8-9(15)6-7-10(13)14(18)17-12-5-3-2-4-11(12)16/h6-8,11-12H,2-5H2,1H3,(H,17,18). The van der Waals surface area contributed by atoms with Gasteiger partial charge in [0, 0.05) is 11.1 Å². The molecular formula is C14H17Cl2NO2. The minimum Gasteiger partial charge on any atom is -0.496 e. The maximum Gasteiger partial charge on any atom is 0.255 e. The third-order valence-electron chi connectivity index (χ3n) is 3.41. The molecule has 1 saturated carbocycles. The molecule has 0 aromatic heterocycles. The molecule has 0 radical (unpaired) electrons. The predicted molar refractivity (Wildman–Crippen MR) is 77.4 cm³/mol. The first-order valence-electron chi connectivity index (χ1n) is 6.40. The van der Waals surface area contributed by atoms with Crippen LogP contribution in [0.25, 0.3) is 0 Å². The largest absolute Gasteiger partial charge is 0.496 e. The van der Waals surface area contributed by atoms with Gasteiger partial charge in [-0.25, -0.2) is 0 Å². The molecule has 3 nitrogen and oxygen atoms in total. The lowest BCUT2D eigenvalue weighted by Crippen LogP contribution is -2.42. The Labute approximate surface area is 123 Å². The number of amides is 1. The van der Waals surface area contributed by atoms with Crippen LogP contribution >= 0.6 is 23.2 Å². The van der Waals surface area contributed by atoms with Crippen molar-refractivity contribution in [2.75, 3.05) is 7.11 Å². The Balaban J connectivity index is 2.11. The lowest BCUT2D eigenvalue weighted by Gasteiger charge is -2.28. The third-order valence-corrected chi connectivity index (χ3v) is 4.16. The van der Waals surface area contributed by atoms with Crippen LogP contribution in [0, 0.1) is 0 Å². The zero-order valence-corrected chi connectivity index (χ0v) is 12.3. The number of benzene rings is 1. The van der Waals surface area contributed by atoms with Crippen molar-refractivity contribution in [1.82, 2.24) is 5.32 Å². The Morgan fingerprint density at radius 3 is 2.79 bits per heavy atom. The lowest BCUT2D eigenvalue weighted by molar-refractivity contribution is 0.0925. The Kier molecular flexibility index (Phi) is 4.94. The van der Waals surface area contributed by atoms with Crippen LogP contribution in [0.5, 0.6) is 5.75 Å². The summed E-state index contributed by atoms with van der Waals surface area (Å²) in [6.45, 7) is 0. The topological polar surface area (TPSA) is 38.3 Å². The molecule has 2 atom stereocenters. The van der Waals surface area contributed by atoms with Gasteiger partial charge in [0.15, 0.2) is 0 Å². The van der Waals surface area contributed by atoms with Crippen molar-refractivity contribution < 1.29 is 9.53 Å². The van der Waals surface area contributed by atoms with Gasteiger partial charge in [-0.3, -0.25) is 4.79 Å². The monoisotopic (exact) mass is 301 g/mol. The van der Waals surface area contributed by atoms with Gasteiger partial charge in [-0.2, -0.15) is 0 Å². The fourth-order valence-electron chi connectivity index (χ4n) is 2.35. The van der Waals surface area contributed by atoms with E-state index in [0.717, 1.165) is 25.7 Å². The summed E-state index contributed by atoms with van der Waals surface area (Å²) in [6.07, 6.45) is 4.11. The first-order chi connectivity index (χ1) is 9.11. The number of methoxy groups -OCH3 is 1. The summed E-state index contributed by atoms with van der Waals surface area (Å²) in [5, 5.41) is 3.54. The number of halogens is 2. The molecule has 19 heavy (non-hydrogen) atoms. The minimum atomic E-state index is -0.161. The highest BCUT2D eigenvalue weighted by Gasteiger charge is 2.25. The summed E-state index contributed by atoms with van der Waals surface area (Å²) in [4.78, 5) is 12.3. The Morgan fingerprint density at radius 2 is 2.11 bits per heavy atom. The fourth-order valence-corrected chi connectivity index (χ4v) is 2.85. The molecule has 0 heterocycles. The van der Waals surface area contributed by atoms with Gasteiger partial charge in [-0.1, -0.05) is 24.4 Å². The molecule has 1 aromatic rings. The zero-order valence-electron chi connectivity index (χ0n) is 10.8. The van der Waals surface area contributed by atoms with Crippen LogP contribution in [-0.4, -0.2) is 24.4 Å². The van der Waals surface area contributed by atoms with E-state index in [1.54, 1.807) is 18.2 Å². The first kappa shape index (κ1) is 14.5. The lowest BCUT2D eigenvalue weighted by atomic mass is 9.94. The number of carbonyl (C=O) groups excluding carboxylic acids is 1. The van der Waals surface area contributed by atoms with Gasteiger partial charge in [-0.05, 0) is 31.0 Å². The van der Waals surface area contributed by atoms with Gasteiger partial charge in [0.1, 0.15) is 5.75 Å². The third kappa shape index (κ3) is 3.54. The highest BCUT2D eigenvalue weighted by Crippen LogP contribution is 2.26. The summed E-state index contributed by atoms with van der Waals surface area (Å²) >= 11 is 12.1. The van der Waals surface area contributed by atoms with E-state index < -0.39 is 0 Å². The smallest absolute Gasteiger partial charge is 0.255 e. The molecule has 1 aliphatic rings. The van der Waals surface area contributed by atoms with Crippen LogP contribution in [0.1, 0.15) is 36.0 Å². The molecule has 0 saturated heterocycles. The Morgan fingerprint density at radius 1 is 1.37 bits per heavy atom. The van der Waals surface area contributed by atoms with Crippen molar-refractivity contribution in [1.29, 1.82) is 0 Å². The van der Waals surface area contributed by atoms with Crippen molar-refractivity contribution in [2.45, 2.75) is 37.1 Å². The summed E-state index contributed by atoms with van der Waals surface area (Å²) in [5.41, 5.74) is 0.487. The molecule has 0 bridgehead atoms.